The summed E-state index contributed by atoms with van der Waals surface area (Å²) < 4.78 is 40.4. The standard InChI is InChI=1S/C23H26FN3O2S/c1-30(28,29)23-25-14-21(27(23)16-20-10-5-6-12-22(20)24)17-26-13-7-11-19(15-26)18-8-3-2-4-9-18/h2-6,8-10,12,14,19H,7,11,13,15-17H2,1H3/t19-/m0/s1. The Kier molecular flexibility index (Phi) is 6.01. The van der Waals surface area contributed by atoms with E-state index in [-0.39, 0.29) is 17.5 Å². The van der Waals surface area contributed by atoms with Crippen LogP contribution in [0.2, 0.25) is 0 Å². The van der Waals surface area contributed by atoms with E-state index in [0.717, 1.165) is 37.9 Å². The molecule has 1 aliphatic heterocycles. The van der Waals surface area contributed by atoms with Gasteiger partial charge in [-0.05, 0) is 36.9 Å². The monoisotopic (exact) mass is 427 g/mol. The molecule has 1 aliphatic rings. The molecule has 158 valence electrons. The van der Waals surface area contributed by atoms with Crippen LogP contribution in [0.25, 0.3) is 0 Å². The molecule has 1 atom stereocenters. The van der Waals surface area contributed by atoms with Crippen LogP contribution in [0, 0.1) is 5.82 Å². The summed E-state index contributed by atoms with van der Waals surface area (Å²) in [4.78, 5) is 6.52. The second-order valence-corrected chi connectivity index (χ2v) is 9.88. The Morgan fingerprint density at radius 3 is 2.53 bits per heavy atom. The third-order valence-electron chi connectivity index (χ3n) is 5.68. The molecule has 30 heavy (non-hydrogen) atoms. The van der Waals surface area contributed by atoms with Crippen molar-refractivity contribution >= 4 is 9.84 Å². The zero-order valence-corrected chi connectivity index (χ0v) is 17.9. The summed E-state index contributed by atoms with van der Waals surface area (Å²) in [5.41, 5.74) is 2.56. The maximum Gasteiger partial charge on any atom is 0.227 e. The number of rotatable bonds is 6. The van der Waals surface area contributed by atoms with Crippen LogP contribution >= 0.6 is 0 Å². The lowest BCUT2D eigenvalue weighted by Crippen LogP contribution is -2.34. The molecule has 1 aromatic heterocycles. The molecule has 5 nitrogen and oxygen atoms in total. The van der Waals surface area contributed by atoms with Crippen LogP contribution in [-0.2, 0) is 22.9 Å². The van der Waals surface area contributed by atoms with E-state index in [0.29, 0.717) is 18.0 Å². The first-order valence-electron chi connectivity index (χ1n) is 10.2. The lowest BCUT2D eigenvalue weighted by Gasteiger charge is -2.33. The molecule has 0 N–H and O–H groups in total. The molecule has 0 unspecified atom stereocenters. The summed E-state index contributed by atoms with van der Waals surface area (Å²) in [5, 5.41) is -0.0163. The Balaban J connectivity index is 1.59. The third-order valence-corrected chi connectivity index (χ3v) is 6.67. The molecule has 2 heterocycles. The number of nitrogens with zero attached hydrogens (tertiary/aromatic N) is 3. The third kappa shape index (κ3) is 4.63. The number of benzene rings is 2. The number of likely N-dealkylation sites (tertiary alicyclic amines) is 1. The van der Waals surface area contributed by atoms with Gasteiger partial charge in [-0.1, -0.05) is 48.5 Å². The zero-order valence-electron chi connectivity index (χ0n) is 17.0. The smallest absolute Gasteiger partial charge is 0.227 e. The van der Waals surface area contributed by atoms with Crippen molar-refractivity contribution in [1.82, 2.24) is 14.5 Å². The van der Waals surface area contributed by atoms with E-state index in [1.54, 1.807) is 29.0 Å². The van der Waals surface area contributed by atoms with Crippen LogP contribution in [-0.4, -0.2) is 42.2 Å². The first-order valence-corrected chi connectivity index (χ1v) is 12.1. The number of hydrogen-bond donors (Lipinski definition) is 0. The molecule has 0 saturated carbocycles. The highest BCUT2D eigenvalue weighted by molar-refractivity contribution is 7.90. The van der Waals surface area contributed by atoms with E-state index >= 15 is 0 Å². The van der Waals surface area contributed by atoms with Crippen molar-refractivity contribution in [2.45, 2.75) is 37.0 Å². The molecule has 1 fully saturated rings. The van der Waals surface area contributed by atoms with E-state index in [9.17, 15) is 12.8 Å². The van der Waals surface area contributed by atoms with Crippen molar-refractivity contribution in [2.24, 2.45) is 0 Å². The summed E-state index contributed by atoms with van der Waals surface area (Å²) in [6.45, 7) is 2.58. The average molecular weight is 428 g/mol. The van der Waals surface area contributed by atoms with Gasteiger partial charge < -0.3 is 4.57 Å². The summed E-state index contributed by atoms with van der Waals surface area (Å²) in [6.07, 6.45) is 4.98. The lowest BCUT2D eigenvalue weighted by molar-refractivity contribution is 0.195. The van der Waals surface area contributed by atoms with Crippen LogP contribution in [0.5, 0.6) is 0 Å². The van der Waals surface area contributed by atoms with Crippen LogP contribution in [0.1, 0.15) is 35.6 Å². The fourth-order valence-electron chi connectivity index (χ4n) is 4.21. The minimum atomic E-state index is -3.53. The Labute approximate surface area is 177 Å². The molecule has 0 radical (unpaired) electrons. The second kappa shape index (κ2) is 8.70. The molecular formula is C23H26FN3O2S. The SMILES string of the molecule is CS(=O)(=O)c1ncc(CN2CCC[C@H](c3ccccc3)C2)n1Cc1ccccc1F. The molecule has 3 aromatic rings. The highest BCUT2D eigenvalue weighted by Gasteiger charge is 2.25. The van der Waals surface area contributed by atoms with Crippen LogP contribution in [0.3, 0.4) is 0 Å². The van der Waals surface area contributed by atoms with Gasteiger partial charge in [0.2, 0.25) is 15.0 Å². The van der Waals surface area contributed by atoms with E-state index in [4.69, 9.17) is 0 Å². The summed E-state index contributed by atoms with van der Waals surface area (Å²) in [7, 11) is -3.53. The predicted molar refractivity (Wildman–Crippen MR) is 115 cm³/mol. The van der Waals surface area contributed by atoms with Gasteiger partial charge in [0.25, 0.3) is 0 Å². The first kappa shape index (κ1) is 20.8. The van der Waals surface area contributed by atoms with Crippen LogP contribution in [0.15, 0.2) is 66.0 Å². The van der Waals surface area contributed by atoms with Crippen molar-refractivity contribution in [3.63, 3.8) is 0 Å². The summed E-state index contributed by atoms with van der Waals surface area (Å²) in [6, 6.07) is 16.9. The van der Waals surface area contributed by atoms with E-state index in [1.807, 2.05) is 6.07 Å². The highest BCUT2D eigenvalue weighted by atomic mass is 32.2. The average Bonchev–Trinajstić information content (AvgIpc) is 3.13. The molecule has 0 bridgehead atoms. The van der Waals surface area contributed by atoms with Crippen molar-refractivity contribution in [3.8, 4) is 0 Å². The molecule has 0 amide bonds. The molecule has 4 rings (SSSR count). The normalized spacial score (nSPS) is 17.9. The van der Waals surface area contributed by atoms with Crippen LogP contribution in [0.4, 0.5) is 4.39 Å². The van der Waals surface area contributed by atoms with Gasteiger partial charge in [-0.3, -0.25) is 4.90 Å². The Morgan fingerprint density at radius 1 is 1.07 bits per heavy atom. The number of sulfone groups is 1. The van der Waals surface area contributed by atoms with Crippen molar-refractivity contribution < 1.29 is 12.8 Å². The Morgan fingerprint density at radius 2 is 1.80 bits per heavy atom. The number of halogens is 1. The quantitative estimate of drug-likeness (QED) is 0.600. The Bertz CT molecular complexity index is 1110. The van der Waals surface area contributed by atoms with Crippen molar-refractivity contribution in [2.75, 3.05) is 19.3 Å². The van der Waals surface area contributed by atoms with Gasteiger partial charge in [-0.25, -0.2) is 17.8 Å². The highest BCUT2D eigenvalue weighted by Crippen LogP contribution is 2.28. The van der Waals surface area contributed by atoms with Gasteiger partial charge in [0.15, 0.2) is 0 Å². The van der Waals surface area contributed by atoms with E-state index < -0.39 is 9.84 Å². The van der Waals surface area contributed by atoms with Crippen molar-refractivity contribution in [3.05, 3.63) is 83.4 Å². The topological polar surface area (TPSA) is 55.2 Å². The summed E-state index contributed by atoms with van der Waals surface area (Å²) in [5.74, 6) is 0.107. The minimum Gasteiger partial charge on any atom is -0.313 e. The molecule has 0 aliphatic carbocycles. The van der Waals surface area contributed by atoms with E-state index in [1.165, 1.54) is 11.6 Å². The second-order valence-electron chi connectivity index (χ2n) is 7.97. The fraction of sp³-hybridized carbons (Fsp3) is 0.348. The zero-order chi connectivity index (χ0) is 21.1. The van der Waals surface area contributed by atoms with Crippen LogP contribution < -0.4 is 0 Å². The first-order chi connectivity index (χ1) is 14.4. The number of hydrogen-bond acceptors (Lipinski definition) is 4. The van der Waals surface area contributed by atoms with Gasteiger partial charge in [0.1, 0.15) is 5.82 Å². The van der Waals surface area contributed by atoms with Gasteiger partial charge in [-0.15, -0.1) is 0 Å². The maximum absolute atomic E-state index is 14.2. The van der Waals surface area contributed by atoms with Gasteiger partial charge in [0.05, 0.1) is 18.4 Å². The van der Waals surface area contributed by atoms with E-state index in [2.05, 4.69) is 34.1 Å². The van der Waals surface area contributed by atoms with Gasteiger partial charge in [0, 0.05) is 24.9 Å². The van der Waals surface area contributed by atoms with Gasteiger partial charge in [-0.2, -0.15) is 0 Å². The van der Waals surface area contributed by atoms with Crippen molar-refractivity contribution in [1.29, 1.82) is 0 Å². The molecule has 1 saturated heterocycles. The largest absolute Gasteiger partial charge is 0.313 e. The molecule has 2 aromatic carbocycles. The minimum absolute atomic E-state index is 0.0163. The fourth-order valence-corrected chi connectivity index (χ4v) is 5.03. The number of piperidine rings is 1. The molecule has 7 heteroatoms. The number of aromatic nitrogens is 2. The molecular weight excluding hydrogens is 401 g/mol. The predicted octanol–water partition coefficient (Wildman–Crippen LogP) is 3.85. The maximum atomic E-state index is 14.2. The number of imidazole rings is 1. The Hall–Kier alpha value is -2.51. The van der Waals surface area contributed by atoms with Gasteiger partial charge >= 0.3 is 0 Å². The molecule has 0 spiro atoms. The summed E-state index contributed by atoms with van der Waals surface area (Å²) >= 11 is 0. The lowest BCUT2D eigenvalue weighted by atomic mass is 9.90.